The number of nitrogens with two attached hydrogens (primary N) is 1. The molecule has 1 aliphatic carbocycles. The first kappa shape index (κ1) is 24.6. The second kappa shape index (κ2) is 10.2. The first-order valence-electron chi connectivity index (χ1n) is 12.9. The van der Waals surface area contributed by atoms with Gasteiger partial charge in [0.25, 0.3) is 5.91 Å². The number of nitriles is 1. The lowest BCUT2D eigenvalue weighted by Gasteiger charge is -2.24. The van der Waals surface area contributed by atoms with Crippen molar-refractivity contribution in [3.63, 3.8) is 0 Å². The van der Waals surface area contributed by atoms with E-state index in [1.165, 1.54) is 12.4 Å². The number of allylic oxidation sites excluding steroid dienone is 1. The number of nitrogens with zero attached hydrogens (tertiary/aromatic N) is 6. The molecule has 1 aliphatic heterocycles. The van der Waals surface area contributed by atoms with Crippen LogP contribution in [0.3, 0.4) is 0 Å². The number of nitrogen functional groups attached to an aromatic ring is 1. The molecular weight excluding hydrogens is 497 g/mol. The molecular formula is C29H26FN7O2. The minimum atomic E-state index is -0.444. The fourth-order valence-corrected chi connectivity index (χ4v) is 5.00. The average Bonchev–Trinajstić information content (AvgIpc) is 3.52. The molecule has 1 atom stereocenters. The number of amides is 1. The van der Waals surface area contributed by atoms with Crippen LogP contribution in [0.5, 0.6) is 11.5 Å². The van der Waals surface area contributed by atoms with Crippen molar-refractivity contribution in [3.05, 3.63) is 72.3 Å². The van der Waals surface area contributed by atoms with Crippen molar-refractivity contribution < 1.29 is 13.9 Å². The second-order valence-corrected chi connectivity index (χ2v) is 9.87. The summed E-state index contributed by atoms with van der Waals surface area (Å²) in [6, 6.07) is 15.3. The molecule has 3 heterocycles. The van der Waals surface area contributed by atoms with Crippen LogP contribution in [0.15, 0.2) is 66.5 Å². The highest BCUT2D eigenvalue weighted by Crippen LogP contribution is 2.34. The molecule has 10 heteroatoms. The summed E-state index contributed by atoms with van der Waals surface area (Å²) in [5.41, 5.74) is 8.42. The molecule has 0 spiro atoms. The van der Waals surface area contributed by atoms with E-state index in [2.05, 4.69) is 16.0 Å². The van der Waals surface area contributed by atoms with Gasteiger partial charge in [-0.3, -0.25) is 4.79 Å². The topological polar surface area (TPSA) is 123 Å². The van der Waals surface area contributed by atoms with Crippen LogP contribution >= 0.6 is 0 Å². The van der Waals surface area contributed by atoms with E-state index >= 15 is 0 Å². The van der Waals surface area contributed by atoms with Crippen LogP contribution in [0.25, 0.3) is 22.3 Å². The predicted molar refractivity (Wildman–Crippen MR) is 143 cm³/mol. The molecule has 2 aromatic heterocycles. The van der Waals surface area contributed by atoms with Crippen LogP contribution in [-0.4, -0.2) is 43.1 Å². The first-order chi connectivity index (χ1) is 19.0. The third kappa shape index (κ3) is 4.91. The van der Waals surface area contributed by atoms with Gasteiger partial charge in [-0.05, 0) is 68.0 Å². The highest BCUT2D eigenvalue weighted by atomic mass is 19.1. The maximum absolute atomic E-state index is 14.0. The average molecular weight is 524 g/mol. The number of para-hydroxylation sites is 1. The van der Waals surface area contributed by atoms with Gasteiger partial charge in [0, 0.05) is 12.1 Å². The highest BCUT2D eigenvalue weighted by molar-refractivity contribution is 5.99. The quantitative estimate of drug-likeness (QED) is 0.271. The van der Waals surface area contributed by atoms with Gasteiger partial charge < -0.3 is 15.4 Å². The van der Waals surface area contributed by atoms with Crippen molar-refractivity contribution in [1.29, 1.82) is 5.26 Å². The number of hydrogen-bond donors (Lipinski definition) is 1. The number of likely N-dealkylation sites (tertiary alicyclic amines) is 1. The number of aromatic nitrogens is 4. The molecule has 6 rings (SSSR count). The lowest BCUT2D eigenvalue weighted by atomic mass is 10.1. The number of halogens is 1. The zero-order chi connectivity index (χ0) is 26.9. The molecule has 1 saturated carbocycles. The van der Waals surface area contributed by atoms with Crippen LogP contribution in [0.1, 0.15) is 25.7 Å². The Bertz CT molecular complexity index is 1620. The Morgan fingerprint density at radius 2 is 1.95 bits per heavy atom. The number of rotatable bonds is 7. The maximum atomic E-state index is 14.0. The van der Waals surface area contributed by atoms with Gasteiger partial charge in [0.05, 0.1) is 18.0 Å². The van der Waals surface area contributed by atoms with Crippen molar-refractivity contribution in [3.8, 4) is 28.8 Å². The molecule has 1 amide bonds. The van der Waals surface area contributed by atoms with Gasteiger partial charge in [0.2, 0.25) is 0 Å². The van der Waals surface area contributed by atoms with E-state index < -0.39 is 5.82 Å². The number of fused-ring (bicyclic) bond motifs is 1. The number of ether oxygens (including phenoxy) is 1. The summed E-state index contributed by atoms with van der Waals surface area (Å²) < 4.78 is 21.4. The molecule has 2 N–H and O–H groups in total. The summed E-state index contributed by atoms with van der Waals surface area (Å²) in [5.74, 6) is 0.588. The number of carbonyl (C=O) groups is 1. The molecule has 2 fully saturated rings. The van der Waals surface area contributed by atoms with Gasteiger partial charge in [-0.1, -0.05) is 18.2 Å². The van der Waals surface area contributed by atoms with Gasteiger partial charge >= 0.3 is 0 Å². The summed E-state index contributed by atoms with van der Waals surface area (Å²) in [5, 5.41) is 15.0. The van der Waals surface area contributed by atoms with E-state index in [0.29, 0.717) is 47.3 Å². The summed E-state index contributed by atoms with van der Waals surface area (Å²) in [7, 11) is 0. The maximum Gasteiger partial charge on any atom is 0.264 e. The van der Waals surface area contributed by atoms with Gasteiger partial charge in [-0.15, -0.1) is 0 Å². The molecule has 4 aromatic rings. The predicted octanol–water partition coefficient (Wildman–Crippen LogP) is 4.86. The minimum Gasteiger partial charge on any atom is -0.454 e. The van der Waals surface area contributed by atoms with Crippen LogP contribution in [0, 0.1) is 23.1 Å². The van der Waals surface area contributed by atoms with Crippen LogP contribution in [-0.2, 0) is 11.3 Å². The molecule has 9 nitrogen and oxygen atoms in total. The number of anilines is 1. The van der Waals surface area contributed by atoms with E-state index in [0.717, 1.165) is 31.2 Å². The van der Waals surface area contributed by atoms with E-state index in [1.807, 2.05) is 18.2 Å². The summed E-state index contributed by atoms with van der Waals surface area (Å²) >= 11 is 0. The zero-order valence-electron chi connectivity index (χ0n) is 21.1. The standard InChI is InChI=1S/C29H26FN7O2/c30-23-5-1-2-6-24(23)39-22-11-9-19(10-12-22)26-25-27(32)33-17-34-28(25)37(35-26)16-21-4-3-13-36(21)29(38)20(15-31)14-18-7-8-18/h1-2,5-6,9-12,14,17-18,21H,3-4,7-8,13,16H2,(H2,32,33,34)/t21-/m1/s1. The number of carbonyl (C=O) groups excluding carboxylic acids is 1. The van der Waals surface area contributed by atoms with Gasteiger partial charge in [-0.2, -0.15) is 10.4 Å². The fraction of sp³-hybridized carbons (Fsp3) is 0.276. The molecule has 1 saturated heterocycles. The molecule has 0 radical (unpaired) electrons. The summed E-state index contributed by atoms with van der Waals surface area (Å²) in [6.45, 7) is 1.01. The molecule has 39 heavy (non-hydrogen) atoms. The molecule has 2 aliphatic rings. The Balaban J connectivity index is 1.29. The largest absolute Gasteiger partial charge is 0.454 e. The summed E-state index contributed by atoms with van der Waals surface area (Å²) in [4.78, 5) is 23.6. The Morgan fingerprint density at radius 3 is 2.69 bits per heavy atom. The third-order valence-corrected chi connectivity index (χ3v) is 7.15. The SMILES string of the molecule is N#CC(=CC1CC1)C(=O)N1CCC[C@@H]1Cn1nc(-c2ccc(Oc3ccccc3F)cc2)c2c(N)ncnc21. The van der Waals surface area contributed by atoms with Gasteiger partial charge in [-0.25, -0.2) is 19.0 Å². The van der Waals surface area contributed by atoms with Crippen molar-refractivity contribution in [1.82, 2.24) is 24.6 Å². The van der Waals surface area contributed by atoms with Crippen LogP contribution in [0.2, 0.25) is 0 Å². The number of hydrogen-bond acceptors (Lipinski definition) is 7. The molecule has 2 aromatic carbocycles. The normalized spacial score (nSPS) is 17.4. The Labute approximate surface area is 224 Å². The monoisotopic (exact) mass is 523 g/mol. The lowest BCUT2D eigenvalue weighted by molar-refractivity contribution is -0.127. The van der Waals surface area contributed by atoms with Crippen molar-refractivity contribution in [2.45, 2.75) is 38.3 Å². The van der Waals surface area contributed by atoms with E-state index in [4.69, 9.17) is 15.6 Å². The summed E-state index contributed by atoms with van der Waals surface area (Å²) in [6.07, 6.45) is 6.92. The van der Waals surface area contributed by atoms with Gasteiger partial charge in [0.15, 0.2) is 17.2 Å². The molecule has 0 unspecified atom stereocenters. The van der Waals surface area contributed by atoms with E-state index in [-0.39, 0.29) is 23.3 Å². The van der Waals surface area contributed by atoms with Crippen molar-refractivity contribution in [2.24, 2.45) is 5.92 Å². The Hall–Kier alpha value is -4.78. The van der Waals surface area contributed by atoms with Crippen LogP contribution < -0.4 is 10.5 Å². The molecule has 0 bridgehead atoms. The Kier molecular flexibility index (Phi) is 6.40. The fourth-order valence-electron chi connectivity index (χ4n) is 5.00. The smallest absolute Gasteiger partial charge is 0.264 e. The minimum absolute atomic E-state index is 0.128. The van der Waals surface area contributed by atoms with Crippen molar-refractivity contribution in [2.75, 3.05) is 12.3 Å². The van der Waals surface area contributed by atoms with Gasteiger partial charge in [0.1, 0.15) is 35.2 Å². The Morgan fingerprint density at radius 1 is 1.15 bits per heavy atom. The lowest BCUT2D eigenvalue weighted by Crippen LogP contribution is -2.39. The van der Waals surface area contributed by atoms with Crippen molar-refractivity contribution >= 4 is 22.8 Å². The van der Waals surface area contributed by atoms with Crippen LogP contribution in [0.4, 0.5) is 10.2 Å². The molecule has 196 valence electrons. The zero-order valence-corrected chi connectivity index (χ0v) is 21.1. The van der Waals surface area contributed by atoms with E-state index in [1.54, 1.807) is 39.9 Å². The second-order valence-electron chi connectivity index (χ2n) is 9.87. The highest BCUT2D eigenvalue weighted by Gasteiger charge is 2.33. The third-order valence-electron chi connectivity index (χ3n) is 7.15. The first-order valence-corrected chi connectivity index (χ1v) is 12.9. The van der Waals surface area contributed by atoms with E-state index in [9.17, 15) is 14.4 Å². The number of benzene rings is 2.